The Hall–Kier alpha value is -1.69. The number of aromatic nitrogens is 2. The van der Waals surface area contributed by atoms with Gasteiger partial charge in [0, 0.05) is 57.6 Å². The summed E-state index contributed by atoms with van der Waals surface area (Å²) in [4.78, 5) is 24.0. The van der Waals surface area contributed by atoms with Crippen LogP contribution in [0.15, 0.2) is 12.4 Å². The minimum absolute atomic E-state index is 0.140. The normalized spacial score (nSPS) is 15.7. The minimum atomic E-state index is 0.140. The van der Waals surface area contributed by atoms with Gasteiger partial charge in [0.2, 0.25) is 11.9 Å². The molecule has 2 heterocycles. The summed E-state index contributed by atoms with van der Waals surface area (Å²) in [6.45, 7) is 8.52. The fourth-order valence-electron chi connectivity index (χ4n) is 2.09. The van der Waals surface area contributed by atoms with Gasteiger partial charge in [-0.25, -0.2) is 9.97 Å². The van der Waals surface area contributed by atoms with E-state index >= 15 is 0 Å². The summed E-state index contributed by atoms with van der Waals surface area (Å²) >= 11 is 0. The number of amides is 1. The Kier molecular flexibility index (Phi) is 4.68. The van der Waals surface area contributed by atoms with Gasteiger partial charge in [0.15, 0.2) is 0 Å². The molecule has 0 aliphatic carbocycles. The van der Waals surface area contributed by atoms with Crippen molar-refractivity contribution in [3.8, 4) is 0 Å². The average Bonchev–Trinajstić information content (AvgIpc) is 2.46. The standard InChI is InChI=1S/C13H21N5O/c1-3-14-8-12-9-15-13(16-10-12)18-6-4-17(5-7-18)11(2)19/h9-10,14H,3-8H2,1-2H3. The Bertz CT molecular complexity index is 412. The first kappa shape index (κ1) is 13.7. The van der Waals surface area contributed by atoms with Gasteiger partial charge < -0.3 is 15.1 Å². The molecule has 0 aromatic carbocycles. The van der Waals surface area contributed by atoms with E-state index in [2.05, 4.69) is 27.1 Å². The molecule has 0 bridgehead atoms. The van der Waals surface area contributed by atoms with Crippen molar-refractivity contribution in [1.82, 2.24) is 20.2 Å². The zero-order valence-corrected chi connectivity index (χ0v) is 11.6. The molecule has 1 aromatic rings. The number of rotatable bonds is 4. The quantitative estimate of drug-likeness (QED) is 0.844. The first-order chi connectivity index (χ1) is 9.20. The molecule has 1 aliphatic heterocycles. The summed E-state index contributed by atoms with van der Waals surface area (Å²) in [7, 11) is 0. The molecular weight excluding hydrogens is 242 g/mol. The van der Waals surface area contributed by atoms with Crippen molar-refractivity contribution in [1.29, 1.82) is 0 Å². The number of carbonyl (C=O) groups is 1. The van der Waals surface area contributed by atoms with Crippen molar-refractivity contribution >= 4 is 11.9 Å². The van der Waals surface area contributed by atoms with Crippen LogP contribution in [0.1, 0.15) is 19.4 Å². The van der Waals surface area contributed by atoms with E-state index in [-0.39, 0.29) is 5.91 Å². The van der Waals surface area contributed by atoms with E-state index in [1.54, 1.807) is 6.92 Å². The van der Waals surface area contributed by atoms with Crippen LogP contribution in [0.3, 0.4) is 0 Å². The van der Waals surface area contributed by atoms with Crippen LogP contribution in [0.2, 0.25) is 0 Å². The maximum atomic E-state index is 11.3. The van der Waals surface area contributed by atoms with Crippen LogP contribution < -0.4 is 10.2 Å². The second-order valence-corrected chi connectivity index (χ2v) is 4.66. The minimum Gasteiger partial charge on any atom is -0.339 e. The van der Waals surface area contributed by atoms with Gasteiger partial charge in [0.25, 0.3) is 0 Å². The highest BCUT2D eigenvalue weighted by molar-refractivity contribution is 5.73. The molecule has 1 amide bonds. The Morgan fingerprint density at radius 2 is 1.89 bits per heavy atom. The van der Waals surface area contributed by atoms with Gasteiger partial charge in [0.05, 0.1) is 0 Å². The molecule has 6 heteroatoms. The molecular formula is C13H21N5O. The van der Waals surface area contributed by atoms with Crippen molar-refractivity contribution in [2.45, 2.75) is 20.4 Å². The third-order valence-corrected chi connectivity index (χ3v) is 3.28. The SMILES string of the molecule is CCNCc1cnc(N2CCN(C(C)=O)CC2)nc1. The Morgan fingerprint density at radius 3 is 2.42 bits per heavy atom. The second kappa shape index (κ2) is 6.47. The van der Waals surface area contributed by atoms with E-state index < -0.39 is 0 Å². The predicted molar refractivity (Wildman–Crippen MR) is 73.9 cm³/mol. The summed E-state index contributed by atoms with van der Waals surface area (Å²) in [5.74, 6) is 0.894. The van der Waals surface area contributed by atoms with Crippen LogP contribution >= 0.6 is 0 Å². The maximum Gasteiger partial charge on any atom is 0.225 e. The Morgan fingerprint density at radius 1 is 1.26 bits per heavy atom. The van der Waals surface area contributed by atoms with Gasteiger partial charge in [-0.05, 0) is 6.54 Å². The molecule has 1 saturated heterocycles. The van der Waals surface area contributed by atoms with Crippen LogP contribution in [0.5, 0.6) is 0 Å². The fraction of sp³-hybridized carbons (Fsp3) is 0.615. The van der Waals surface area contributed by atoms with Gasteiger partial charge in [-0.3, -0.25) is 4.79 Å². The highest BCUT2D eigenvalue weighted by Crippen LogP contribution is 2.10. The smallest absolute Gasteiger partial charge is 0.225 e. The van der Waals surface area contributed by atoms with Crippen LogP contribution in [-0.4, -0.2) is 53.5 Å². The zero-order chi connectivity index (χ0) is 13.7. The van der Waals surface area contributed by atoms with E-state index in [4.69, 9.17) is 0 Å². The Balaban J connectivity index is 1.90. The molecule has 0 unspecified atom stereocenters. The largest absolute Gasteiger partial charge is 0.339 e. The number of nitrogens with zero attached hydrogens (tertiary/aromatic N) is 4. The van der Waals surface area contributed by atoms with Crippen LogP contribution in [0, 0.1) is 0 Å². The topological polar surface area (TPSA) is 61.4 Å². The number of piperazine rings is 1. The van der Waals surface area contributed by atoms with E-state index in [1.165, 1.54) is 0 Å². The van der Waals surface area contributed by atoms with Crippen molar-refractivity contribution in [2.24, 2.45) is 0 Å². The predicted octanol–water partition coefficient (Wildman–Crippen LogP) is 0.255. The summed E-state index contributed by atoms with van der Waals surface area (Å²) in [5.41, 5.74) is 1.09. The lowest BCUT2D eigenvalue weighted by atomic mass is 10.3. The number of nitrogens with one attached hydrogen (secondary N) is 1. The number of hydrogen-bond acceptors (Lipinski definition) is 5. The average molecular weight is 263 g/mol. The molecule has 1 fully saturated rings. The molecule has 6 nitrogen and oxygen atoms in total. The molecule has 0 saturated carbocycles. The van der Waals surface area contributed by atoms with Gasteiger partial charge >= 0.3 is 0 Å². The number of anilines is 1. The molecule has 1 aliphatic rings. The van der Waals surface area contributed by atoms with E-state index in [0.29, 0.717) is 0 Å². The molecule has 1 N–H and O–H groups in total. The number of carbonyl (C=O) groups excluding carboxylic acids is 1. The van der Waals surface area contributed by atoms with Crippen molar-refractivity contribution < 1.29 is 4.79 Å². The third kappa shape index (κ3) is 3.64. The molecule has 0 radical (unpaired) electrons. The maximum absolute atomic E-state index is 11.3. The molecule has 0 spiro atoms. The molecule has 0 atom stereocenters. The van der Waals surface area contributed by atoms with Gasteiger partial charge in [-0.1, -0.05) is 6.92 Å². The second-order valence-electron chi connectivity index (χ2n) is 4.66. The van der Waals surface area contributed by atoms with Crippen molar-refractivity contribution in [3.05, 3.63) is 18.0 Å². The van der Waals surface area contributed by atoms with Crippen LogP contribution in [0.25, 0.3) is 0 Å². The molecule has 1 aromatic heterocycles. The van der Waals surface area contributed by atoms with Crippen molar-refractivity contribution in [2.75, 3.05) is 37.6 Å². The highest BCUT2D eigenvalue weighted by Gasteiger charge is 2.20. The lowest BCUT2D eigenvalue weighted by molar-refractivity contribution is -0.129. The molecule has 2 rings (SSSR count). The molecule has 19 heavy (non-hydrogen) atoms. The summed E-state index contributed by atoms with van der Waals surface area (Å²) in [6, 6.07) is 0. The fourth-order valence-corrected chi connectivity index (χ4v) is 2.09. The van der Waals surface area contributed by atoms with E-state index in [1.807, 2.05) is 17.3 Å². The van der Waals surface area contributed by atoms with Gasteiger partial charge in [-0.15, -0.1) is 0 Å². The lowest BCUT2D eigenvalue weighted by Gasteiger charge is -2.34. The third-order valence-electron chi connectivity index (χ3n) is 3.28. The zero-order valence-electron chi connectivity index (χ0n) is 11.6. The van der Waals surface area contributed by atoms with Crippen molar-refractivity contribution in [3.63, 3.8) is 0 Å². The van der Waals surface area contributed by atoms with E-state index in [0.717, 1.165) is 50.8 Å². The Labute approximate surface area is 113 Å². The highest BCUT2D eigenvalue weighted by atomic mass is 16.2. The van der Waals surface area contributed by atoms with Gasteiger partial charge in [-0.2, -0.15) is 0 Å². The monoisotopic (exact) mass is 263 g/mol. The summed E-state index contributed by atoms with van der Waals surface area (Å²) in [6.07, 6.45) is 3.73. The van der Waals surface area contributed by atoms with Crippen LogP contribution in [-0.2, 0) is 11.3 Å². The summed E-state index contributed by atoms with van der Waals surface area (Å²) < 4.78 is 0. The first-order valence-corrected chi connectivity index (χ1v) is 6.72. The van der Waals surface area contributed by atoms with Crippen LogP contribution in [0.4, 0.5) is 5.95 Å². The van der Waals surface area contributed by atoms with E-state index in [9.17, 15) is 4.79 Å². The first-order valence-electron chi connectivity index (χ1n) is 6.72. The molecule has 104 valence electrons. The lowest BCUT2D eigenvalue weighted by Crippen LogP contribution is -2.48. The van der Waals surface area contributed by atoms with Gasteiger partial charge in [0.1, 0.15) is 0 Å². The summed E-state index contributed by atoms with van der Waals surface area (Å²) in [5, 5.41) is 3.24. The number of hydrogen-bond donors (Lipinski definition) is 1.